The van der Waals surface area contributed by atoms with Crippen molar-refractivity contribution in [1.82, 2.24) is 9.88 Å². The molecule has 1 aromatic heterocycles. The standard InChI is InChI=1S/C14H18N2O4/c1-14(2,3)20-13(19)16-7-11(8-16)9-4-10(12(17)18)6-15-5-9/h4-6,11H,7-8H2,1-3H3,(H,17,18). The minimum absolute atomic E-state index is 0.120. The Hall–Kier alpha value is -2.11. The van der Waals surface area contributed by atoms with E-state index < -0.39 is 11.6 Å². The maximum absolute atomic E-state index is 11.8. The molecule has 1 aromatic rings. The van der Waals surface area contributed by atoms with E-state index in [0.717, 1.165) is 5.56 Å². The predicted molar refractivity (Wildman–Crippen MR) is 71.7 cm³/mol. The van der Waals surface area contributed by atoms with Gasteiger partial charge < -0.3 is 14.7 Å². The summed E-state index contributed by atoms with van der Waals surface area (Å²) in [4.78, 5) is 28.2. The molecule has 0 bridgehead atoms. The monoisotopic (exact) mass is 278 g/mol. The van der Waals surface area contributed by atoms with Gasteiger partial charge in [-0.15, -0.1) is 0 Å². The second-order valence-electron chi connectivity index (χ2n) is 5.89. The van der Waals surface area contributed by atoms with E-state index in [2.05, 4.69) is 4.98 Å². The van der Waals surface area contributed by atoms with Gasteiger partial charge in [-0.2, -0.15) is 0 Å². The van der Waals surface area contributed by atoms with Crippen molar-refractivity contribution < 1.29 is 19.4 Å². The van der Waals surface area contributed by atoms with Crippen molar-refractivity contribution in [2.75, 3.05) is 13.1 Å². The summed E-state index contributed by atoms with van der Waals surface area (Å²) in [6, 6.07) is 1.60. The lowest BCUT2D eigenvalue weighted by atomic mass is 9.92. The zero-order chi connectivity index (χ0) is 14.9. The molecule has 108 valence electrons. The summed E-state index contributed by atoms with van der Waals surface area (Å²) in [5.41, 5.74) is 0.496. The summed E-state index contributed by atoms with van der Waals surface area (Å²) in [6.45, 7) is 6.52. The lowest BCUT2D eigenvalue weighted by molar-refractivity contribution is 0.00812. The van der Waals surface area contributed by atoms with Gasteiger partial charge in [0.1, 0.15) is 5.60 Å². The molecule has 1 aliphatic heterocycles. The molecule has 0 aromatic carbocycles. The van der Waals surface area contributed by atoms with Gasteiger partial charge in [0.25, 0.3) is 0 Å². The highest BCUT2D eigenvalue weighted by atomic mass is 16.6. The van der Waals surface area contributed by atoms with Crippen LogP contribution in [0.5, 0.6) is 0 Å². The Morgan fingerprint density at radius 2 is 2.00 bits per heavy atom. The fourth-order valence-corrected chi connectivity index (χ4v) is 1.96. The first kappa shape index (κ1) is 14.3. The number of amides is 1. The zero-order valence-corrected chi connectivity index (χ0v) is 11.8. The van der Waals surface area contributed by atoms with Crippen molar-refractivity contribution in [2.24, 2.45) is 0 Å². The van der Waals surface area contributed by atoms with Gasteiger partial charge in [0.2, 0.25) is 0 Å². The van der Waals surface area contributed by atoms with Gasteiger partial charge in [-0.3, -0.25) is 4.98 Å². The summed E-state index contributed by atoms with van der Waals surface area (Å²) in [6.07, 6.45) is 2.62. The molecule has 2 rings (SSSR count). The van der Waals surface area contributed by atoms with Crippen molar-refractivity contribution in [3.05, 3.63) is 29.6 Å². The van der Waals surface area contributed by atoms with E-state index in [4.69, 9.17) is 9.84 Å². The van der Waals surface area contributed by atoms with Crippen molar-refractivity contribution in [2.45, 2.75) is 32.3 Å². The van der Waals surface area contributed by atoms with Gasteiger partial charge in [0.15, 0.2) is 0 Å². The second kappa shape index (κ2) is 5.11. The predicted octanol–water partition coefficient (Wildman–Crippen LogP) is 2.11. The Morgan fingerprint density at radius 3 is 2.55 bits per heavy atom. The average Bonchev–Trinajstić information content (AvgIpc) is 2.24. The fourth-order valence-electron chi connectivity index (χ4n) is 1.96. The molecule has 6 heteroatoms. The third kappa shape index (κ3) is 3.26. The molecule has 0 saturated carbocycles. The maximum atomic E-state index is 11.8. The molecule has 20 heavy (non-hydrogen) atoms. The van der Waals surface area contributed by atoms with E-state index >= 15 is 0 Å². The molecule has 1 fully saturated rings. The lowest BCUT2D eigenvalue weighted by Gasteiger charge is -2.39. The third-order valence-corrected chi connectivity index (χ3v) is 3.01. The van der Waals surface area contributed by atoms with Crippen LogP contribution in [0.3, 0.4) is 0 Å². The van der Waals surface area contributed by atoms with Crippen molar-refractivity contribution >= 4 is 12.1 Å². The number of rotatable bonds is 2. The van der Waals surface area contributed by atoms with Crippen LogP contribution in [-0.4, -0.2) is 45.7 Å². The topological polar surface area (TPSA) is 79.7 Å². The lowest BCUT2D eigenvalue weighted by Crippen LogP contribution is -2.50. The zero-order valence-electron chi connectivity index (χ0n) is 11.8. The second-order valence-corrected chi connectivity index (χ2v) is 5.89. The van der Waals surface area contributed by atoms with Crippen LogP contribution in [0.15, 0.2) is 18.5 Å². The largest absolute Gasteiger partial charge is 0.478 e. The summed E-state index contributed by atoms with van der Waals surface area (Å²) >= 11 is 0. The number of ether oxygens (including phenoxy) is 1. The molecule has 0 aliphatic carbocycles. The molecule has 0 unspecified atom stereocenters. The number of hydrogen-bond acceptors (Lipinski definition) is 4. The van der Waals surface area contributed by atoms with Crippen molar-refractivity contribution in [3.8, 4) is 0 Å². The minimum Gasteiger partial charge on any atom is -0.478 e. The van der Waals surface area contributed by atoms with E-state index in [-0.39, 0.29) is 17.6 Å². The molecule has 1 aliphatic rings. The number of likely N-dealkylation sites (tertiary alicyclic amines) is 1. The SMILES string of the molecule is CC(C)(C)OC(=O)N1CC(c2cncc(C(=O)O)c2)C1. The molecule has 1 saturated heterocycles. The van der Waals surface area contributed by atoms with Crippen molar-refractivity contribution in [1.29, 1.82) is 0 Å². The van der Waals surface area contributed by atoms with Gasteiger partial charge in [0, 0.05) is 31.4 Å². The first-order chi connectivity index (χ1) is 9.26. The van der Waals surface area contributed by atoms with Gasteiger partial charge >= 0.3 is 12.1 Å². The van der Waals surface area contributed by atoms with Gasteiger partial charge in [-0.05, 0) is 32.4 Å². The van der Waals surface area contributed by atoms with Crippen LogP contribution < -0.4 is 0 Å². The van der Waals surface area contributed by atoms with Crippen LogP contribution >= 0.6 is 0 Å². The Labute approximate surface area is 117 Å². The van der Waals surface area contributed by atoms with E-state index in [1.807, 2.05) is 20.8 Å². The Bertz CT molecular complexity index is 530. The minimum atomic E-state index is -0.998. The van der Waals surface area contributed by atoms with Crippen LogP contribution in [0.25, 0.3) is 0 Å². The molecule has 0 spiro atoms. The Morgan fingerprint density at radius 1 is 1.35 bits per heavy atom. The first-order valence-corrected chi connectivity index (χ1v) is 6.42. The highest BCUT2D eigenvalue weighted by Gasteiger charge is 2.34. The normalized spacial score (nSPS) is 15.7. The number of carbonyl (C=O) groups excluding carboxylic acids is 1. The van der Waals surface area contributed by atoms with Crippen LogP contribution in [0.1, 0.15) is 42.6 Å². The van der Waals surface area contributed by atoms with Gasteiger partial charge in [-0.25, -0.2) is 9.59 Å². The van der Waals surface area contributed by atoms with Crippen LogP contribution in [-0.2, 0) is 4.74 Å². The van der Waals surface area contributed by atoms with E-state index in [1.165, 1.54) is 6.20 Å². The van der Waals surface area contributed by atoms with Crippen LogP contribution in [0.4, 0.5) is 4.79 Å². The Balaban J connectivity index is 1.95. The smallest absolute Gasteiger partial charge is 0.410 e. The molecule has 0 atom stereocenters. The molecular weight excluding hydrogens is 260 g/mol. The summed E-state index contributed by atoms with van der Waals surface area (Å²) in [5.74, 6) is -0.878. The third-order valence-electron chi connectivity index (χ3n) is 3.01. The number of carboxylic acid groups (broad SMARTS) is 1. The number of carbonyl (C=O) groups is 2. The quantitative estimate of drug-likeness (QED) is 0.896. The highest BCUT2D eigenvalue weighted by molar-refractivity contribution is 5.87. The first-order valence-electron chi connectivity index (χ1n) is 6.42. The van der Waals surface area contributed by atoms with E-state index in [0.29, 0.717) is 13.1 Å². The van der Waals surface area contributed by atoms with Gasteiger partial charge in [-0.1, -0.05) is 0 Å². The average molecular weight is 278 g/mol. The molecule has 6 nitrogen and oxygen atoms in total. The summed E-state index contributed by atoms with van der Waals surface area (Å²) < 4.78 is 5.27. The molecular formula is C14H18N2O4. The summed E-state index contributed by atoms with van der Waals surface area (Å²) in [7, 11) is 0. The number of nitrogens with zero attached hydrogens (tertiary/aromatic N) is 2. The van der Waals surface area contributed by atoms with Crippen molar-refractivity contribution in [3.63, 3.8) is 0 Å². The number of aromatic carboxylic acids is 1. The maximum Gasteiger partial charge on any atom is 0.410 e. The van der Waals surface area contributed by atoms with Crippen LogP contribution in [0.2, 0.25) is 0 Å². The molecule has 1 amide bonds. The highest BCUT2D eigenvalue weighted by Crippen LogP contribution is 2.28. The van der Waals surface area contributed by atoms with Crippen LogP contribution in [0, 0.1) is 0 Å². The van der Waals surface area contributed by atoms with Gasteiger partial charge in [0.05, 0.1) is 5.56 Å². The van der Waals surface area contributed by atoms with E-state index in [9.17, 15) is 9.59 Å². The summed E-state index contributed by atoms with van der Waals surface area (Å²) in [5, 5.41) is 8.93. The number of pyridine rings is 1. The number of hydrogen-bond donors (Lipinski definition) is 1. The molecule has 0 radical (unpaired) electrons. The number of aromatic nitrogens is 1. The van der Waals surface area contributed by atoms with E-state index in [1.54, 1.807) is 17.2 Å². The molecule has 2 heterocycles. The Kier molecular flexibility index (Phi) is 3.65. The molecule has 1 N–H and O–H groups in total. The fraction of sp³-hybridized carbons (Fsp3) is 0.500. The number of carboxylic acids is 1.